The van der Waals surface area contributed by atoms with E-state index in [0.717, 1.165) is 5.82 Å². The van der Waals surface area contributed by atoms with Gasteiger partial charge in [-0.2, -0.15) is 4.98 Å². The Morgan fingerprint density at radius 2 is 2.55 bits per heavy atom. The van der Waals surface area contributed by atoms with Gasteiger partial charge in [-0.15, -0.1) is 0 Å². The predicted octanol–water partition coefficient (Wildman–Crippen LogP) is 0.780. The summed E-state index contributed by atoms with van der Waals surface area (Å²) in [5, 5.41) is 2.93. The van der Waals surface area contributed by atoms with Crippen LogP contribution in [0.2, 0.25) is 0 Å². The van der Waals surface area contributed by atoms with Crippen molar-refractivity contribution in [1.29, 1.82) is 0 Å². The zero-order valence-corrected chi connectivity index (χ0v) is 6.01. The van der Waals surface area contributed by atoms with E-state index in [1.807, 2.05) is 7.05 Å². The van der Waals surface area contributed by atoms with Crippen molar-refractivity contribution in [3.05, 3.63) is 6.07 Å². The Morgan fingerprint density at radius 1 is 1.73 bits per heavy atom. The van der Waals surface area contributed by atoms with E-state index in [2.05, 4.69) is 15.3 Å². The molecule has 0 bridgehead atoms. The molecule has 0 aliphatic rings. The predicted molar refractivity (Wildman–Crippen MR) is 42.3 cm³/mol. The van der Waals surface area contributed by atoms with Crippen LogP contribution in [0.4, 0.5) is 11.8 Å². The number of oxazole rings is 1. The van der Waals surface area contributed by atoms with E-state index in [0.29, 0.717) is 11.2 Å². The molecule has 2 aromatic rings. The number of nitrogens with one attached hydrogen (secondary N) is 2. The van der Waals surface area contributed by atoms with E-state index in [9.17, 15) is 0 Å². The number of hydrogen-bond acceptors (Lipinski definition) is 4. The SMILES string of the molecule is CNc1cc2oc(N)nc2[nH]1. The summed E-state index contributed by atoms with van der Waals surface area (Å²) in [5.41, 5.74) is 6.65. The van der Waals surface area contributed by atoms with Crippen LogP contribution >= 0.6 is 0 Å². The lowest BCUT2D eigenvalue weighted by atomic mass is 10.6. The number of hydrogen-bond donors (Lipinski definition) is 3. The fourth-order valence-corrected chi connectivity index (χ4v) is 0.966. The molecule has 5 nitrogen and oxygen atoms in total. The fourth-order valence-electron chi connectivity index (χ4n) is 0.966. The highest BCUT2D eigenvalue weighted by molar-refractivity contribution is 5.75. The van der Waals surface area contributed by atoms with Crippen molar-refractivity contribution >= 4 is 23.1 Å². The minimum atomic E-state index is 0.189. The molecule has 2 rings (SSSR count). The van der Waals surface area contributed by atoms with Gasteiger partial charge in [0.2, 0.25) is 0 Å². The van der Waals surface area contributed by atoms with Crippen molar-refractivity contribution in [2.45, 2.75) is 0 Å². The monoisotopic (exact) mass is 152 g/mol. The molecule has 0 saturated carbocycles. The minimum Gasteiger partial charge on any atom is -0.422 e. The standard InChI is InChI=1S/C6H8N4O/c1-8-4-2-3-5(9-4)10-6(7)11-3/h2,8-9H,1H3,(H2,7,10). The van der Waals surface area contributed by atoms with E-state index in [-0.39, 0.29) is 6.01 Å². The molecular formula is C6H8N4O. The zero-order chi connectivity index (χ0) is 7.84. The number of fused-ring (bicyclic) bond motifs is 1. The van der Waals surface area contributed by atoms with E-state index >= 15 is 0 Å². The summed E-state index contributed by atoms with van der Waals surface area (Å²) in [6, 6.07) is 1.99. The summed E-state index contributed by atoms with van der Waals surface area (Å²) in [7, 11) is 1.81. The normalized spacial score (nSPS) is 10.6. The van der Waals surface area contributed by atoms with Crippen LogP contribution in [0, 0.1) is 0 Å². The summed E-state index contributed by atoms with van der Waals surface area (Å²) in [6.07, 6.45) is 0. The zero-order valence-electron chi connectivity index (χ0n) is 6.01. The van der Waals surface area contributed by atoms with E-state index in [1.165, 1.54) is 0 Å². The number of aromatic amines is 1. The molecule has 4 N–H and O–H groups in total. The molecule has 11 heavy (non-hydrogen) atoms. The lowest BCUT2D eigenvalue weighted by molar-refractivity contribution is 0.626. The summed E-state index contributed by atoms with van der Waals surface area (Å²) < 4.78 is 5.05. The highest BCUT2D eigenvalue weighted by Crippen LogP contribution is 2.19. The Balaban J connectivity index is 2.64. The average molecular weight is 152 g/mol. The fraction of sp³-hybridized carbons (Fsp3) is 0.167. The Labute approximate surface area is 62.6 Å². The molecule has 0 amide bonds. The van der Waals surface area contributed by atoms with Crippen LogP contribution < -0.4 is 11.1 Å². The maximum absolute atomic E-state index is 5.31. The Bertz CT molecular complexity index is 343. The Kier molecular flexibility index (Phi) is 1.06. The maximum atomic E-state index is 5.31. The molecule has 0 fully saturated rings. The van der Waals surface area contributed by atoms with Crippen molar-refractivity contribution in [1.82, 2.24) is 9.97 Å². The number of H-pyrrole nitrogens is 1. The second-order valence-electron chi connectivity index (χ2n) is 2.20. The maximum Gasteiger partial charge on any atom is 0.294 e. The van der Waals surface area contributed by atoms with Crippen molar-refractivity contribution in [2.75, 3.05) is 18.1 Å². The number of nitrogens with two attached hydrogens (primary N) is 1. The lowest BCUT2D eigenvalue weighted by Crippen LogP contribution is -1.87. The third-order valence-corrected chi connectivity index (χ3v) is 1.47. The molecule has 0 unspecified atom stereocenters. The van der Waals surface area contributed by atoms with E-state index in [1.54, 1.807) is 6.07 Å². The first-order chi connectivity index (χ1) is 5.29. The van der Waals surface area contributed by atoms with Crippen molar-refractivity contribution in [3.8, 4) is 0 Å². The van der Waals surface area contributed by atoms with Gasteiger partial charge in [0.1, 0.15) is 5.82 Å². The van der Waals surface area contributed by atoms with Gasteiger partial charge in [0.25, 0.3) is 6.01 Å². The molecule has 58 valence electrons. The van der Waals surface area contributed by atoms with Crippen LogP contribution in [0.3, 0.4) is 0 Å². The molecule has 0 radical (unpaired) electrons. The topological polar surface area (TPSA) is 79.9 Å². The first-order valence-corrected chi connectivity index (χ1v) is 3.22. The number of anilines is 2. The van der Waals surface area contributed by atoms with Gasteiger partial charge < -0.3 is 20.5 Å². The van der Waals surface area contributed by atoms with Crippen molar-refractivity contribution in [2.24, 2.45) is 0 Å². The number of nitrogen functional groups attached to an aromatic ring is 1. The minimum absolute atomic E-state index is 0.189. The van der Waals surface area contributed by atoms with Gasteiger partial charge in [0, 0.05) is 13.1 Å². The molecular weight excluding hydrogens is 144 g/mol. The van der Waals surface area contributed by atoms with Crippen molar-refractivity contribution < 1.29 is 4.42 Å². The molecule has 0 aromatic carbocycles. The number of rotatable bonds is 1. The van der Waals surface area contributed by atoms with E-state index in [4.69, 9.17) is 10.2 Å². The molecule has 0 aliphatic heterocycles. The van der Waals surface area contributed by atoms with Crippen LogP contribution in [0.25, 0.3) is 11.2 Å². The molecule has 0 saturated heterocycles. The van der Waals surface area contributed by atoms with E-state index < -0.39 is 0 Å². The van der Waals surface area contributed by atoms with Crippen LogP contribution in [-0.2, 0) is 0 Å². The summed E-state index contributed by atoms with van der Waals surface area (Å²) in [6.45, 7) is 0. The third kappa shape index (κ3) is 0.813. The van der Waals surface area contributed by atoms with Gasteiger partial charge in [0.05, 0.1) is 0 Å². The van der Waals surface area contributed by atoms with Gasteiger partial charge in [-0.25, -0.2) is 0 Å². The molecule has 2 heterocycles. The largest absolute Gasteiger partial charge is 0.422 e. The van der Waals surface area contributed by atoms with Gasteiger partial charge in [-0.1, -0.05) is 0 Å². The van der Waals surface area contributed by atoms with Crippen molar-refractivity contribution in [3.63, 3.8) is 0 Å². The van der Waals surface area contributed by atoms with Gasteiger partial charge in [-0.3, -0.25) is 0 Å². The second kappa shape index (κ2) is 1.91. The summed E-state index contributed by atoms with van der Waals surface area (Å²) >= 11 is 0. The first-order valence-electron chi connectivity index (χ1n) is 3.22. The molecule has 0 aliphatic carbocycles. The van der Waals surface area contributed by atoms with Gasteiger partial charge in [-0.05, 0) is 0 Å². The summed E-state index contributed by atoms with van der Waals surface area (Å²) in [4.78, 5) is 6.87. The van der Waals surface area contributed by atoms with Crippen LogP contribution in [0.1, 0.15) is 0 Å². The Hall–Kier alpha value is -1.65. The highest BCUT2D eigenvalue weighted by Gasteiger charge is 2.05. The van der Waals surface area contributed by atoms with Crippen LogP contribution in [-0.4, -0.2) is 17.0 Å². The quantitative estimate of drug-likeness (QED) is 0.564. The average Bonchev–Trinajstić information content (AvgIpc) is 2.43. The Morgan fingerprint density at radius 3 is 3.18 bits per heavy atom. The number of nitrogens with zero attached hydrogens (tertiary/aromatic N) is 1. The smallest absolute Gasteiger partial charge is 0.294 e. The first kappa shape index (κ1) is 6.09. The molecule has 2 aromatic heterocycles. The van der Waals surface area contributed by atoms with Crippen LogP contribution in [0.15, 0.2) is 10.5 Å². The third-order valence-electron chi connectivity index (χ3n) is 1.47. The summed E-state index contributed by atoms with van der Waals surface area (Å²) in [5.74, 6) is 0.867. The van der Waals surface area contributed by atoms with Gasteiger partial charge in [0.15, 0.2) is 11.2 Å². The second-order valence-corrected chi connectivity index (χ2v) is 2.20. The van der Waals surface area contributed by atoms with Gasteiger partial charge >= 0.3 is 0 Å². The van der Waals surface area contributed by atoms with Crippen LogP contribution in [0.5, 0.6) is 0 Å². The highest BCUT2D eigenvalue weighted by atomic mass is 16.4. The molecule has 0 spiro atoms. The molecule has 0 atom stereocenters. The lowest BCUT2D eigenvalue weighted by Gasteiger charge is -1.88. The number of aromatic nitrogens is 2. The molecule has 5 heteroatoms.